The van der Waals surface area contributed by atoms with E-state index in [1.807, 2.05) is 6.07 Å². The van der Waals surface area contributed by atoms with Gasteiger partial charge in [-0.25, -0.2) is 13.8 Å². The molecule has 0 aliphatic carbocycles. The first-order valence-electron chi connectivity index (χ1n) is 11.9. The molecule has 198 valence electrons. The van der Waals surface area contributed by atoms with E-state index in [1.54, 1.807) is 42.5 Å². The number of allylic oxidation sites excluding steroid dienone is 1. The molecule has 2 aliphatic rings. The Morgan fingerprint density at radius 3 is 2.67 bits per heavy atom. The van der Waals surface area contributed by atoms with Crippen LogP contribution in [-0.4, -0.2) is 16.8 Å². The van der Waals surface area contributed by atoms with Crippen LogP contribution in [-0.2, 0) is 0 Å². The fourth-order valence-electron chi connectivity index (χ4n) is 5.11. The molecule has 0 saturated heterocycles. The highest BCUT2D eigenvalue weighted by Gasteiger charge is 2.36. The normalized spacial score (nSPS) is 15.9. The molecule has 0 spiro atoms. The number of ether oxygens (including phenoxy) is 3. The van der Waals surface area contributed by atoms with Crippen LogP contribution in [0.25, 0.3) is 31.7 Å². The molecule has 40 heavy (non-hydrogen) atoms. The number of nitrogens with zero attached hydrogens (tertiary/aromatic N) is 2. The van der Waals surface area contributed by atoms with Gasteiger partial charge >= 0.3 is 0 Å². The van der Waals surface area contributed by atoms with Crippen molar-refractivity contribution < 1.29 is 23.0 Å². The lowest BCUT2D eigenvalue weighted by molar-refractivity contribution is 0.153. The summed E-state index contributed by atoms with van der Waals surface area (Å²) in [5.74, 6) is 0.117. The van der Waals surface area contributed by atoms with Gasteiger partial charge in [0, 0.05) is 21.5 Å². The monoisotopic (exact) mass is 576 g/mol. The molecule has 1 atom stereocenters. The summed E-state index contributed by atoms with van der Waals surface area (Å²) in [6, 6.07) is 15.1. The third-order valence-corrected chi connectivity index (χ3v) is 8.24. The molecule has 2 aromatic carbocycles. The molecule has 3 N–H and O–H groups in total. The first-order valence-corrected chi connectivity index (χ1v) is 13.1. The maximum absolute atomic E-state index is 14.5. The average molecular weight is 577 g/mol. The number of hydrogen-bond donors (Lipinski definition) is 2. The van der Waals surface area contributed by atoms with Gasteiger partial charge < -0.3 is 24.9 Å². The largest absolute Gasteiger partial charge is 0.454 e. The van der Waals surface area contributed by atoms with Gasteiger partial charge in [-0.3, -0.25) is 4.79 Å². The number of nitriles is 1. The van der Waals surface area contributed by atoms with Crippen molar-refractivity contribution in [3.8, 4) is 34.6 Å². The van der Waals surface area contributed by atoms with Crippen molar-refractivity contribution in [3.63, 3.8) is 0 Å². The number of nitrogens with one attached hydrogen (secondary N) is 1. The minimum Gasteiger partial charge on any atom is -0.454 e. The SMILES string of the molecule is N#CC1=C(N)Oc2c(c(=O)[nH]c3c2sc2nc(-c4ccc5c(c4)OCO5)cc(C(F)F)c23)C1c1ccc(Cl)cc1. The molecule has 2 aliphatic heterocycles. The zero-order valence-corrected chi connectivity index (χ0v) is 21.7. The van der Waals surface area contributed by atoms with Crippen LogP contribution in [0.2, 0.25) is 5.02 Å². The third-order valence-electron chi connectivity index (χ3n) is 6.91. The molecular formula is C28H15ClF2N4O4S. The number of thiophene rings is 1. The van der Waals surface area contributed by atoms with E-state index >= 15 is 0 Å². The first-order chi connectivity index (χ1) is 19.3. The number of hydrogen-bond acceptors (Lipinski definition) is 8. The predicted molar refractivity (Wildman–Crippen MR) is 145 cm³/mol. The van der Waals surface area contributed by atoms with E-state index in [4.69, 9.17) is 31.5 Å². The van der Waals surface area contributed by atoms with Crippen LogP contribution in [0, 0.1) is 11.3 Å². The van der Waals surface area contributed by atoms with Crippen LogP contribution in [0.5, 0.6) is 17.2 Å². The Hall–Kier alpha value is -4.66. The van der Waals surface area contributed by atoms with Crippen molar-refractivity contribution in [3.05, 3.63) is 92.1 Å². The topological polar surface area (TPSA) is 123 Å². The average Bonchev–Trinajstić information content (AvgIpc) is 3.56. The minimum atomic E-state index is -2.87. The van der Waals surface area contributed by atoms with Crippen LogP contribution in [0.15, 0.2) is 64.8 Å². The molecule has 0 radical (unpaired) electrons. The summed E-state index contributed by atoms with van der Waals surface area (Å²) in [5.41, 5.74) is 7.08. The van der Waals surface area contributed by atoms with Gasteiger partial charge in [0.2, 0.25) is 12.7 Å². The molecule has 12 heteroatoms. The number of halogens is 3. The number of fused-ring (bicyclic) bond motifs is 6. The number of aromatic nitrogens is 2. The van der Waals surface area contributed by atoms with Gasteiger partial charge in [0.25, 0.3) is 12.0 Å². The molecule has 7 rings (SSSR count). The maximum atomic E-state index is 14.5. The molecule has 1 unspecified atom stereocenters. The Balaban J connectivity index is 1.50. The van der Waals surface area contributed by atoms with Crippen molar-refractivity contribution >= 4 is 43.4 Å². The van der Waals surface area contributed by atoms with E-state index in [9.17, 15) is 18.8 Å². The van der Waals surface area contributed by atoms with Crippen LogP contribution in [0.1, 0.15) is 29.0 Å². The van der Waals surface area contributed by atoms with E-state index < -0.39 is 17.9 Å². The van der Waals surface area contributed by atoms with E-state index in [0.29, 0.717) is 38.0 Å². The second-order valence-corrected chi connectivity index (χ2v) is 10.6. The van der Waals surface area contributed by atoms with Crippen molar-refractivity contribution in [2.45, 2.75) is 12.3 Å². The Kier molecular flexibility index (Phi) is 5.45. The molecule has 0 amide bonds. The third kappa shape index (κ3) is 3.61. The highest BCUT2D eigenvalue weighted by atomic mass is 35.5. The van der Waals surface area contributed by atoms with Crippen molar-refractivity contribution in [1.29, 1.82) is 5.26 Å². The number of aromatic amines is 1. The van der Waals surface area contributed by atoms with Crippen molar-refractivity contribution in [1.82, 2.24) is 9.97 Å². The summed E-state index contributed by atoms with van der Waals surface area (Å²) in [6.07, 6.45) is -2.87. The number of alkyl halides is 2. The summed E-state index contributed by atoms with van der Waals surface area (Å²) < 4.78 is 45.9. The van der Waals surface area contributed by atoms with Gasteiger partial charge in [0.05, 0.1) is 27.4 Å². The first kappa shape index (κ1) is 24.4. The molecule has 5 heterocycles. The molecule has 0 bridgehead atoms. The quantitative estimate of drug-likeness (QED) is 0.257. The highest BCUT2D eigenvalue weighted by molar-refractivity contribution is 7.25. The molecule has 0 saturated carbocycles. The zero-order chi connectivity index (χ0) is 27.7. The van der Waals surface area contributed by atoms with Crippen molar-refractivity contribution in [2.75, 3.05) is 6.79 Å². The van der Waals surface area contributed by atoms with Crippen LogP contribution < -0.4 is 25.5 Å². The fraction of sp³-hybridized carbons (Fsp3) is 0.107. The minimum absolute atomic E-state index is 0.0530. The Morgan fingerprint density at radius 2 is 1.93 bits per heavy atom. The van der Waals surface area contributed by atoms with Gasteiger partial charge in [-0.15, -0.1) is 11.3 Å². The lowest BCUT2D eigenvalue weighted by atomic mass is 9.84. The second kappa shape index (κ2) is 8.94. The fourth-order valence-corrected chi connectivity index (χ4v) is 6.40. The Labute approximate surface area is 232 Å². The van der Waals surface area contributed by atoms with E-state index in [0.717, 1.165) is 11.3 Å². The van der Waals surface area contributed by atoms with E-state index in [2.05, 4.69) is 9.97 Å². The van der Waals surface area contributed by atoms with Gasteiger partial charge in [-0.05, 0) is 42.0 Å². The number of nitrogens with two attached hydrogens (primary N) is 1. The predicted octanol–water partition coefficient (Wildman–Crippen LogP) is 6.34. The molecular weight excluding hydrogens is 562 g/mol. The Morgan fingerprint density at radius 1 is 1.15 bits per heavy atom. The summed E-state index contributed by atoms with van der Waals surface area (Å²) in [4.78, 5) is 21.3. The lowest BCUT2D eigenvalue weighted by Crippen LogP contribution is -2.27. The molecule has 0 fully saturated rings. The number of rotatable bonds is 3. The van der Waals surface area contributed by atoms with Crippen molar-refractivity contribution in [2.24, 2.45) is 5.73 Å². The smallest absolute Gasteiger partial charge is 0.264 e. The van der Waals surface area contributed by atoms with Gasteiger partial charge in [0.15, 0.2) is 17.2 Å². The molecule has 8 nitrogen and oxygen atoms in total. The van der Waals surface area contributed by atoms with Gasteiger partial charge in [-0.1, -0.05) is 23.7 Å². The lowest BCUT2D eigenvalue weighted by Gasteiger charge is -2.25. The maximum Gasteiger partial charge on any atom is 0.264 e. The number of H-pyrrole nitrogens is 1. The van der Waals surface area contributed by atoms with E-state index in [-0.39, 0.29) is 50.9 Å². The highest BCUT2D eigenvalue weighted by Crippen LogP contribution is 2.48. The van der Waals surface area contributed by atoms with Crippen LogP contribution in [0.3, 0.4) is 0 Å². The van der Waals surface area contributed by atoms with Crippen LogP contribution in [0.4, 0.5) is 8.78 Å². The molecule has 5 aromatic rings. The zero-order valence-electron chi connectivity index (χ0n) is 20.1. The van der Waals surface area contributed by atoms with Gasteiger partial charge in [-0.2, -0.15) is 5.26 Å². The molecule has 3 aromatic heterocycles. The van der Waals surface area contributed by atoms with E-state index in [1.165, 1.54) is 6.07 Å². The van der Waals surface area contributed by atoms with Gasteiger partial charge in [0.1, 0.15) is 16.5 Å². The second-order valence-electron chi connectivity index (χ2n) is 9.13. The number of pyridine rings is 2. The standard InChI is InChI=1S/C28H15ClF2N4O4S/c29-13-4-1-11(2-5-13)19-15(9-32)26(33)39-23-21(19)27(36)35-22-20-14(25(30)31)8-16(34-28(20)40-24(22)23)12-3-6-17-18(7-12)38-10-37-17/h1-8,19,25H,10,33H2,(H,35,36). The summed E-state index contributed by atoms with van der Waals surface area (Å²) in [5, 5.41) is 10.5. The number of benzene rings is 2. The summed E-state index contributed by atoms with van der Waals surface area (Å²) in [7, 11) is 0. The summed E-state index contributed by atoms with van der Waals surface area (Å²) in [6.45, 7) is 0.0738. The Bertz CT molecular complexity index is 2010. The van der Waals surface area contributed by atoms with Crippen LogP contribution >= 0.6 is 22.9 Å². The summed E-state index contributed by atoms with van der Waals surface area (Å²) >= 11 is 7.14.